The molecule has 0 aliphatic heterocycles. The molecule has 0 radical (unpaired) electrons. The first-order chi connectivity index (χ1) is 19.1. The Labute approximate surface area is 271 Å². The van der Waals surface area contributed by atoms with Crippen LogP contribution in [0.2, 0.25) is 0 Å². The molecule has 0 atom stereocenters. The first-order valence-corrected chi connectivity index (χ1v) is 15.0. The van der Waals surface area contributed by atoms with Gasteiger partial charge in [0.05, 0.1) is 5.88 Å². The quantitative estimate of drug-likeness (QED) is 0.125. The summed E-state index contributed by atoms with van der Waals surface area (Å²) in [4.78, 5) is 68.4. The van der Waals surface area contributed by atoms with Crippen LogP contribution in [-0.4, -0.2) is 87.2 Å². The lowest BCUT2D eigenvalue weighted by molar-refractivity contribution is -0.163. The summed E-state index contributed by atoms with van der Waals surface area (Å²) in [7, 11) is 0. The van der Waals surface area contributed by atoms with Gasteiger partial charge in [-0.3, -0.25) is 28.8 Å². The Morgan fingerprint density at radius 1 is 0.512 bits per heavy atom. The summed E-state index contributed by atoms with van der Waals surface area (Å²) in [6.07, 6.45) is 0.955. The van der Waals surface area contributed by atoms with Crippen LogP contribution in [0.15, 0.2) is 0 Å². The van der Waals surface area contributed by atoms with E-state index < -0.39 is 45.5 Å². The van der Waals surface area contributed by atoms with Gasteiger partial charge in [-0.05, 0) is 101 Å². The van der Waals surface area contributed by atoms with E-state index in [1.807, 2.05) is 41.5 Å². The number of carbonyl (C=O) groups excluding carboxylic acids is 6. The molecule has 0 aromatic rings. The zero-order valence-corrected chi connectivity index (χ0v) is 29.9. The van der Waals surface area contributed by atoms with E-state index in [-0.39, 0.29) is 49.6 Å². The van der Waals surface area contributed by atoms with Crippen molar-refractivity contribution in [3.8, 4) is 0 Å². The van der Waals surface area contributed by atoms with Crippen molar-refractivity contribution in [2.45, 2.75) is 125 Å². The van der Waals surface area contributed by atoms with E-state index in [1.54, 1.807) is 41.5 Å². The third-order valence-electron chi connectivity index (χ3n) is 3.65. The van der Waals surface area contributed by atoms with E-state index in [1.165, 1.54) is 0 Å². The van der Waals surface area contributed by atoms with Crippen LogP contribution in [0.4, 0.5) is 0 Å². The Bertz CT molecular complexity index is 853. The lowest BCUT2D eigenvalue weighted by Crippen LogP contribution is -2.43. The van der Waals surface area contributed by atoms with Crippen molar-refractivity contribution in [2.75, 3.05) is 24.8 Å². The molecule has 0 heterocycles. The topological polar surface area (TPSA) is 143 Å². The maximum Gasteiger partial charge on any atom is 0.326 e. The normalized spacial score (nSPS) is 11.4. The molecule has 0 saturated carbocycles. The summed E-state index contributed by atoms with van der Waals surface area (Å²) in [6, 6.07) is 0. The number of ether oxygens (including phenoxy) is 4. The van der Waals surface area contributed by atoms with Crippen molar-refractivity contribution in [1.82, 2.24) is 4.90 Å². The van der Waals surface area contributed by atoms with E-state index in [0.29, 0.717) is 6.42 Å². The number of nitrogens with zero attached hydrogens (tertiary/aromatic N) is 1. The minimum Gasteiger partial charge on any atom is -0.460 e. The number of alkyl halides is 2. The zero-order chi connectivity index (χ0) is 34.8. The molecule has 14 heteroatoms. The summed E-state index contributed by atoms with van der Waals surface area (Å²) >= 11 is 15.0. The van der Waals surface area contributed by atoms with E-state index in [9.17, 15) is 28.8 Å². The SMILES string of the molecule is CC(C)(C)OC(=O)CCCC(=O)OC(C)(C)C.CC(C)(C)OC(=O)CN(CC(=O)OC(C)(C)C)C(=O)CCl.O=C(Cl)CCl. The fraction of sp³-hybridized carbons (Fsp3) is 0.793. The van der Waals surface area contributed by atoms with Crippen molar-refractivity contribution in [3.63, 3.8) is 0 Å². The summed E-state index contributed by atoms with van der Waals surface area (Å²) in [5.74, 6) is -2.72. The fourth-order valence-electron chi connectivity index (χ4n) is 2.54. The van der Waals surface area contributed by atoms with Crippen LogP contribution in [-0.2, 0) is 47.7 Å². The second kappa shape index (κ2) is 20.8. The van der Waals surface area contributed by atoms with Gasteiger partial charge in [0, 0.05) is 12.8 Å². The Morgan fingerprint density at radius 3 is 0.977 bits per heavy atom. The van der Waals surface area contributed by atoms with Gasteiger partial charge in [0.15, 0.2) is 0 Å². The molecule has 0 N–H and O–H groups in total. The average molecular weight is 679 g/mol. The Balaban J connectivity index is -0.000000652. The highest BCUT2D eigenvalue weighted by molar-refractivity contribution is 6.67. The standard InChI is InChI=1S/C14H24ClNO5.C13H24O4.C2H2Cl2O/c1-13(2,3)20-11(18)8-16(10(17)7-15)9-12(19)21-14(4,5)6;1-12(2,3)16-10(14)8-7-9-11(15)17-13(4,5)6;3-1-2(4)5/h7-9H2,1-6H3;7-9H2,1-6H3;1H2. The van der Waals surface area contributed by atoms with Gasteiger partial charge in [0.2, 0.25) is 11.1 Å². The molecule has 43 heavy (non-hydrogen) atoms. The minimum absolute atomic E-state index is 0.0957. The fourth-order valence-corrected chi connectivity index (χ4v) is 2.71. The molecule has 0 aromatic heterocycles. The molecule has 0 fully saturated rings. The van der Waals surface area contributed by atoms with Gasteiger partial charge in [-0.1, -0.05) is 0 Å². The highest BCUT2D eigenvalue weighted by Gasteiger charge is 2.26. The molecule has 0 aliphatic carbocycles. The van der Waals surface area contributed by atoms with Crippen LogP contribution in [0.25, 0.3) is 0 Å². The highest BCUT2D eigenvalue weighted by atomic mass is 35.5. The lowest BCUT2D eigenvalue weighted by Gasteiger charge is -2.26. The monoisotopic (exact) mass is 677 g/mol. The first kappa shape index (κ1) is 45.3. The number of halogens is 3. The summed E-state index contributed by atoms with van der Waals surface area (Å²) in [5.41, 5.74) is -2.27. The molecular weight excluding hydrogens is 629 g/mol. The third-order valence-corrected chi connectivity index (χ3v) is 4.40. The van der Waals surface area contributed by atoms with Gasteiger partial charge in [-0.25, -0.2) is 0 Å². The van der Waals surface area contributed by atoms with Crippen LogP contribution in [0.5, 0.6) is 0 Å². The minimum atomic E-state index is -0.668. The third kappa shape index (κ3) is 36.0. The Hall–Kier alpha value is -2.11. The van der Waals surface area contributed by atoms with Crippen molar-refractivity contribution in [3.05, 3.63) is 0 Å². The number of esters is 4. The molecule has 0 aliphatic rings. The number of carbonyl (C=O) groups is 6. The van der Waals surface area contributed by atoms with Crippen molar-refractivity contribution >= 4 is 69.8 Å². The first-order valence-electron chi connectivity index (χ1n) is 13.6. The zero-order valence-electron chi connectivity index (χ0n) is 27.6. The largest absolute Gasteiger partial charge is 0.460 e. The Kier molecular flexibility index (Phi) is 21.9. The van der Waals surface area contributed by atoms with Crippen molar-refractivity contribution < 1.29 is 47.7 Å². The van der Waals surface area contributed by atoms with E-state index >= 15 is 0 Å². The molecule has 0 spiro atoms. The second-order valence-corrected chi connectivity index (χ2v) is 14.0. The van der Waals surface area contributed by atoms with Gasteiger partial charge < -0.3 is 23.8 Å². The van der Waals surface area contributed by atoms with Gasteiger partial charge in [0.1, 0.15) is 41.4 Å². The van der Waals surface area contributed by atoms with Gasteiger partial charge in [0.25, 0.3) is 0 Å². The highest BCUT2D eigenvalue weighted by Crippen LogP contribution is 2.13. The van der Waals surface area contributed by atoms with E-state index in [4.69, 9.17) is 53.8 Å². The molecule has 0 aromatic carbocycles. The second-order valence-electron chi connectivity index (χ2n) is 13.1. The molecule has 11 nitrogen and oxygen atoms in total. The van der Waals surface area contributed by atoms with Crippen LogP contribution in [0.1, 0.15) is 102 Å². The molecule has 0 unspecified atom stereocenters. The Morgan fingerprint density at radius 2 is 0.767 bits per heavy atom. The van der Waals surface area contributed by atoms with Crippen LogP contribution in [0.3, 0.4) is 0 Å². The number of rotatable bonds is 10. The number of hydrogen-bond donors (Lipinski definition) is 0. The molecule has 0 rings (SSSR count). The van der Waals surface area contributed by atoms with E-state index in [2.05, 4.69) is 0 Å². The molecule has 1 amide bonds. The van der Waals surface area contributed by atoms with Gasteiger partial charge in [-0.15, -0.1) is 23.2 Å². The smallest absolute Gasteiger partial charge is 0.326 e. The lowest BCUT2D eigenvalue weighted by atomic mass is 10.1. The number of amides is 1. The maximum atomic E-state index is 11.7. The predicted octanol–water partition coefficient (Wildman–Crippen LogP) is 5.57. The van der Waals surface area contributed by atoms with Crippen LogP contribution < -0.4 is 0 Å². The van der Waals surface area contributed by atoms with Gasteiger partial charge in [-0.2, -0.15) is 0 Å². The predicted molar refractivity (Wildman–Crippen MR) is 166 cm³/mol. The van der Waals surface area contributed by atoms with E-state index in [0.717, 1.165) is 4.90 Å². The maximum absolute atomic E-state index is 11.7. The van der Waals surface area contributed by atoms with Crippen LogP contribution >= 0.6 is 34.8 Å². The number of hydrogen-bond acceptors (Lipinski definition) is 10. The summed E-state index contributed by atoms with van der Waals surface area (Å²) in [5, 5.41) is -0.508. The van der Waals surface area contributed by atoms with Crippen LogP contribution in [0, 0.1) is 0 Å². The molecule has 0 bridgehead atoms. The summed E-state index contributed by atoms with van der Waals surface area (Å²) in [6.45, 7) is 20.5. The molecular formula is C29H50Cl3NO10. The molecule has 0 saturated heterocycles. The average Bonchev–Trinajstić information content (AvgIpc) is 2.73. The molecule has 252 valence electrons. The van der Waals surface area contributed by atoms with Gasteiger partial charge >= 0.3 is 23.9 Å². The van der Waals surface area contributed by atoms with Crippen molar-refractivity contribution in [1.29, 1.82) is 0 Å². The summed E-state index contributed by atoms with van der Waals surface area (Å²) < 4.78 is 20.5. The van der Waals surface area contributed by atoms with Crippen molar-refractivity contribution in [2.24, 2.45) is 0 Å².